The first kappa shape index (κ1) is 12.6. The van der Waals surface area contributed by atoms with Crippen molar-refractivity contribution in [3.8, 4) is 17.1 Å². The maximum atomic E-state index is 4.68. The van der Waals surface area contributed by atoms with Crippen molar-refractivity contribution < 1.29 is 0 Å². The van der Waals surface area contributed by atoms with Crippen LogP contribution in [0.2, 0.25) is 0 Å². The summed E-state index contributed by atoms with van der Waals surface area (Å²) in [5.74, 6) is 1.41. The van der Waals surface area contributed by atoms with Gasteiger partial charge in [-0.2, -0.15) is 0 Å². The Kier molecular flexibility index (Phi) is 3.03. The van der Waals surface area contributed by atoms with Gasteiger partial charge in [0, 0.05) is 5.92 Å². The van der Waals surface area contributed by atoms with Gasteiger partial charge in [0.25, 0.3) is 0 Å². The maximum absolute atomic E-state index is 4.68. The average Bonchev–Trinajstić information content (AvgIpc) is 3.24. The van der Waals surface area contributed by atoms with E-state index < -0.39 is 0 Å². The van der Waals surface area contributed by atoms with E-state index >= 15 is 0 Å². The van der Waals surface area contributed by atoms with Gasteiger partial charge in [0.15, 0.2) is 0 Å². The second kappa shape index (κ2) is 5.04. The van der Waals surface area contributed by atoms with E-state index in [1.165, 1.54) is 12.8 Å². The number of aromatic nitrogens is 5. The van der Waals surface area contributed by atoms with Gasteiger partial charge in [0.1, 0.15) is 16.1 Å². The molecule has 0 N–H and O–H groups in total. The number of benzene rings is 1. The van der Waals surface area contributed by atoms with Crippen LogP contribution in [-0.4, -0.2) is 25.0 Å². The van der Waals surface area contributed by atoms with Gasteiger partial charge < -0.3 is 0 Å². The van der Waals surface area contributed by atoms with Crippen molar-refractivity contribution in [3.63, 3.8) is 0 Å². The minimum atomic E-state index is 0.502. The molecule has 0 unspecified atom stereocenters. The highest BCUT2D eigenvalue weighted by atomic mass is 79.9. The van der Waals surface area contributed by atoms with Gasteiger partial charge in [-0.1, -0.05) is 23.4 Å². The van der Waals surface area contributed by atoms with Crippen LogP contribution in [0.25, 0.3) is 17.1 Å². The van der Waals surface area contributed by atoms with Crippen LogP contribution >= 0.6 is 15.9 Å². The quantitative estimate of drug-likeness (QED) is 0.685. The highest BCUT2D eigenvalue weighted by Gasteiger charge is 2.27. The molecule has 0 spiro atoms. The van der Waals surface area contributed by atoms with Crippen molar-refractivity contribution in [1.29, 1.82) is 0 Å². The van der Waals surface area contributed by atoms with Crippen LogP contribution in [-0.2, 0) is 0 Å². The second-order valence-electron chi connectivity index (χ2n) is 5.07. The van der Waals surface area contributed by atoms with E-state index in [0.29, 0.717) is 5.92 Å². The van der Waals surface area contributed by atoms with Crippen LogP contribution in [0, 0.1) is 0 Å². The number of halogens is 1. The summed E-state index contributed by atoms with van der Waals surface area (Å²) in [6.07, 6.45) is 4.08. The van der Waals surface area contributed by atoms with Gasteiger partial charge in [-0.25, -0.2) is 14.6 Å². The number of rotatable bonds is 3. The summed E-state index contributed by atoms with van der Waals surface area (Å²) in [6, 6.07) is 11.8. The highest BCUT2D eigenvalue weighted by Crippen LogP contribution is 2.39. The summed E-state index contributed by atoms with van der Waals surface area (Å²) in [4.78, 5) is 9.15. The Morgan fingerprint density at radius 1 is 1.10 bits per heavy atom. The first-order chi connectivity index (χ1) is 10.3. The fourth-order valence-electron chi connectivity index (χ4n) is 2.26. The minimum Gasteiger partial charge on any atom is -0.231 e. The van der Waals surface area contributed by atoms with Gasteiger partial charge in [-0.05, 0) is 47.0 Å². The van der Waals surface area contributed by atoms with Gasteiger partial charge in [0.2, 0.25) is 0 Å². The molecule has 0 saturated heterocycles. The topological polar surface area (TPSA) is 56.5 Å². The molecule has 1 aliphatic carbocycles. The van der Waals surface area contributed by atoms with E-state index in [4.69, 9.17) is 0 Å². The third-order valence-electron chi connectivity index (χ3n) is 3.47. The lowest BCUT2D eigenvalue weighted by molar-refractivity contribution is 0.803. The summed E-state index contributed by atoms with van der Waals surface area (Å²) < 4.78 is 2.60. The zero-order valence-electron chi connectivity index (χ0n) is 11.1. The summed E-state index contributed by atoms with van der Waals surface area (Å²) in [5, 5.41) is 8.21. The van der Waals surface area contributed by atoms with E-state index in [1.54, 1.807) is 10.9 Å². The second-order valence-corrected chi connectivity index (χ2v) is 5.89. The molecule has 2 aromatic heterocycles. The van der Waals surface area contributed by atoms with Crippen LogP contribution in [0.1, 0.15) is 24.6 Å². The normalized spacial score (nSPS) is 14.3. The molecule has 21 heavy (non-hydrogen) atoms. The molecule has 2 heterocycles. The molecule has 0 bridgehead atoms. The standard InChI is InChI=1S/C15H12BrN5/c16-14-8-12(18-15(19-14)10-6-7-10)13-9-17-20-21(13)11-4-2-1-3-5-11/h1-5,8-10H,6-7H2. The molecule has 3 aromatic rings. The molecule has 1 fully saturated rings. The average molecular weight is 342 g/mol. The van der Waals surface area contributed by atoms with Gasteiger partial charge in [0.05, 0.1) is 17.6 Å². The summed E-state index contributed by atoms with van der Waals surface area (Å²) in [7, 11) is 0. The molecule has 1 saturated carbocycles. The Labute approximate surface area is 130 Å². The SMILES string of the molecule is Brc1cc(-c2cnnn2-c2ccccc2)nc(C2CC2)n1. The molecule has 1 aromatic carbocycles. The first-order valence-corrected chi connectivity index (χ1v) is 7.61. The molecule has 6 heteroatoms. The van der Waals surface area contributed by atoms with E-state index in [1.807, 2.05) is 36.4 Å². The molecule has 5 nitrogen and oxygen atoms in total. The Morgan fingerprint density at radius 2 is 1.90 bits per heavy atom. The van der Waals surface area contributed by atoms with Crippen LogP contribution in [0.15, 0.2) is 47.2 Å². The van der Waals surface area contributed by atoms with Crippen LogP contribution in [0.5, 0.6) is 0 Å². The summed E-state index contributed by atoms with van der Waals surface area (Å²) in [6.45, 7) is 0. The molecular formula is C15H12BrN5. The number of para-hydroxylation sites is 1. The van der Waals surface area contributed by atoms with Crippen molar-refractivity contribution in [2.24, 2.45) is 0 Å². The lowest BCUT2D eigenvalue weighted by Crippen LogP contribution is -2.02. The summed E-state index contributed by atoms with van der Waals surface area (Å²) in [5.41, 5.74) is 2.67. The minimum absolute atomic E-state index is 0.502. The Hall–Kier alpha value is -2.08. The zero-order valence-corrected chi connectivity index (χ0v) is 12.7. The molecule has 4 rings (SSSR count). The highest BCUT2D eigenvalue weighted by molar-refractivity contribution is 9.10. The van der Waals surface area contributed by atoms with Crippen molar-refractivity contribution in [1.82, 2.24) is 25.0 Å². The van der Waals surface area contributed by atoms with Crippen LogP contribution < -0.4 is 0 Å². The van der Waals surface area contributed by atoms with Crippen LogP contribution in [0.4, 0.5) is 0 Å². The number of nitrogens with zero attached hydrogens (tertiary/aromatic N) is 5. The summed E-state index contributed by atoms with van der Waals surface area (Å²) >= 11 is 3.47. The van der Waals surface area contributed by atoms with Crippen molar-refractivity contribution >= 4 is 15.9 Å². The lowest BCUT2D eigenvalue weighted by atomic mass is 10.2. The number of hydrogen-bond acceptors (Lipinski definition) is 4. The monoisotopic (exact) mass is 341 g/mol. The molecule has 1 aliphatic rings. The largest absolute Gasteiger partial charge is 0.231 e. The van der Waals surface area contributed by atoms with Gasteiger partial charge >= 0.3 is 0 Å². The first-order valence-electron chi connectivity index (χ1n) is 6.82. The predicted molar refractivity (Wildman–Crippen MR) is 82.1 cm³/mol. The predicted octanol–water partition coefficient (Wildman–Crippen LogP) is 3.36. The maximum Gasteiger partial charge on any atom is 0.133 e. The lowest BCUT2D eigenvalue weighted by Gasteiger charge is -2.07. The van der Waals surface area contributed by atoms with Crippen LogP contribution in [0.3, 0.4) is 0 Å². The molecular weight excluding hydrogens is 330 g/mol. The van der Waals surface area contributed by atoms with E-state index in [9.17, 15) is 0 Å². The van der Waals surface area contributed by atoms with Gasteiger partial charge in [-0.15, -0.1) is 5.10 Å². The smallest absolute Gasteiger partial charge is 0.133 e. The number of hydrogen-bond donors (Lipinski definition) is 0. The molecule has 0 aliphatic heterocycles. The van der Waals surface area contributed by atoms with Crippen molar-refractivity contribution in [2.45, 2.75) is 18.8 Å². The third kappa shape index (κ3) is 2.47. The Balaban J connectivity index is 1.83. The fraction of sp³-hybridized carbons (Fsp3) is 0.200. The van der Waals surface area contributed by atoms with E-state index in [-0.39, 0.29) is 0 Å². The third-order valence-corrected chi connectivity index (χ3v) is 3.87. The van der Waals surface area contributed by atoms with Crippen molar-refractivity contribution in [3.05, 3.63) is 53.0 Å². The van der Waals surface area contributed by atoms with Crippen molar-refractivity contribution in [2.75, 3.05) is 0 Å². The molecule has 0 atom stereocenters. The fourth-order valence-corrected chi connectivity index (χ4v) is 2.66. The molecule has 0 radical (unpaired) electrons. The van der Waals surface area contributed by atoms with E-state index in [0.717, 1.165) is 27.5 Å². The molecule has 0 amide bonds. The zero-order chi connectivity index (χ0) is 14.2. The Morgan fingerprint density at radius 3 is 2.67 bits per heavy atom. The molecule has 104 valence electrons. The Bertz CT molecular complexity index is 780. The van der Waals surface area contributed by atoms with E-state index in [2.05, 4.69) is 36.2 Å². The van der Waals surface area contributed by atoms with Gasteiger partial charge in [-0.3, -0.25) is 0 Å².